The maximum atomic E-state index is 8.69. The summed E-state index contributed by atoms with van der Waals surface area (Å²) in [7, 11) is 0. The molecule has 0 heterocycles. The van der Waals surface area contributed by atoms with Crippen LogP contribution in [0.2, 0.25) is 0 Å². The van der Waals surface area contributed by atoms with Crippen LogP contribution in [-0.4, -0.2) is 17.8 Å². The first kappa shape index (κ1) is 5.06. The second kappa shape index (κ2) is 1.80. The van der Waals surface area contributed by atoms with E-state index in [4.69, 9.17) is 10.8 Å². The number of rotatable bonds is 1. The zero-order valence-electron chi connectivity index (χ0n) is 4.30. The van der Waals surface area contributed by atoms with Crippen molar-refractivity contribution < 1.29 is 5.11 Å². The summed E-state index contributed by atoms with van der Waals surface area (Å²) in [6.07, 6.45) is 1.82. The molecule has 0 aromatic rings. The zero-order chi connectivity index (χ0) is 5.28. The summed E-state index contributed by atoms with van der Waals surface area (Å²) in [5.41, 5.74) is 5.28. The van der Waals surface area contributed by atoms with Gasteiger partial charge in [-0.05, 0) is 25.3 Å². The third-order valence-electron chi connectivity index (χ3n) is 1.54. The minimum Gasteiger partial charge on any atom is -0.393 e. The lowest BCUT2D eigenvalue weighted by molar-refractivity contribution is 0.0469. The first-order valence-corrected chi connectivity index (χ1v) is 2.71. The molecule has 0 radical (unpaired) electrons. The minimum atomic E-state index is -0.0338. The van der Waals surface area contributed by atoms with Crippen LogP contribution in [0.3, 0.4) is 0 Å². The minimum absolute atomic E-state index is 0.0338. The van der Waals surface area contributed by atoms with Crippen molar-refractivity contribution in [1.29, 1.82) is 0 Å². The van der Waals surface area contributed by atoms with Gasteiger partial charge in [-0.25, -0.2) is 0 Å². The molecule has 1 fully saturated rings. The standard InChI is InChI=1S/C5H11NO/c6-3-4-1-5(7)2-4/h4-5,7H,1-3,6H2/t4-,5+. The lowest BCUT2D eigenvalue weighted by Gasteiger charge is -2.29. The highest BCUT2D eigenvalue weighted by molar-refractivity contribution is 4.78. The highest BCUT2D eigenvalue weighted by Crippen LogP contribution is 2.25. The molecule has 1 aliphatic carbocycles. The maximum Gasteiger partial charge on any atom is 0.0546 e. The molecule has 0 aromatic heterocycles. The molecular formula is C5H11NO. The normalized spacial score (nSPS) is 40.3. The topological polar surface area (TPSA) is 46.2 Å². The van der Waals surface area contributed by atoms with E-state index < -0.39 is 0 Å². The second-order valence-corrected chi connectivity index (χ2v) is 2.23. The highest BCUT2D eigenvalue weighted by Gasteiger charge is 2.24. The van der Waals surface area contributed by atoms with Crippen molar-refractivity contribution in [3.05, 3.63) is 0 Å². The molecule has 0 amide bonds. The van der Waals surface area contributed by atoms with Gasteiger partial charge in [0.1, 0.15) is 0 Å². The van der Waals surface area contributed by atoms with Crippen LogP contribution in [0.4, 0.5) is 0 Å². The first-order valence-electron chi connectivity index (χ1n) is 2.71. The maximum absolute atomic E-state index is 8.69. The lowest BCUT2D eigenvalue weighted by Crippen LogP contribution is -2.33. The van der Waals surface area contributed by atoms with Crippen molar-refractivity contribution in [1.82, 2.24) is 0 Å². The van der Waals surface area contributed by atoms with Crippen LogP contribution in [0.15, 0.2) is 0 Å². The van der Waals surface area contributed by atoms with Gasteiger partial charge < -0.3 is 10.8 Å². The van der Waals surface area contributed by atoms with Crippen molar-refractivity contribution in [3.63, 3.8) is 0 Å². The average Bonchev–Trinajstić information content (AvgIpc) is 1.58. The molecule has 0 spiro atoms. The molecule has 0 aromatic carbocycles. The quantitative estimate of drug-likeness (QED) is 0.477. The number of hydrogen-bond donors (Lipinski definition) is 2. The Labute approximate surface area is 43.3 Å². The molecule has 1 aliphatic rings. The van der Waals surface area contributed by atoms with Crippen molar-refractivity contribution in [2.24, 2.45) is 11.7 Å². The molecule has 7 heavy (non-hydrogen) atoms. The van der Waals surface area contributed by atoms with Crippen LogP contribution in [0.1, 0.15) is 12.8 Å². The van der Waals surface area contributed by atoms with Gasteiger partial charge >= 0.3 is 0 Å². The second-order valence-electron chi connectivity index (χ2n) is 2.23. The van der Waals surface area contributed by atoms with Crippen LogP contribution in [0.5, 0.6) is 0 Å². The van der Waals surface area contributed by atoms with Gasteiger partial charge in [0.25, 0.3) is 0 Å². The van der Waals surface area contributed by atoms with Crippen LogP contribution in [0, 0.1) is 5.92 Å². The Morgan fingerprint density at radius 2 is 2.14 bits per heavy atom. The number of aliphatic hydroxyl groups excluding tert-OH is 1. The highest BCUT2D eigenvalue weighted by atomic mass is 16.3. The molecule has 0 unspecified atom stereocenters. The SMILES string of the molecule is NC[C@H]1C[C@@H](O)C1. The van der Waals surface area contributed by atoms with Gasteiger partial charge in [-0.15, -0.1) is 0 Å². The third kappa shape index (κ3) is 0.924. The van der Waals surface area contributed by atoms with Gasteiger partial charge in [0.2, 0.25) is 0 Å². The predicted octanol–water partition coefficient (Wildman–Crippen LogP) is -0.284. The zero-order valence-corrected chi connectivity index (χ0v) is 4.30. The molecule has 1 rings (SSSR count). The molecule has 3 N–H and O–H groups in total. The summed E-state index contributed by atoms with van der Waals surface area (Å²) in [6.45, 7) is 0.747. The van der Waals surface area contributed by atoms with E-state index in [0.29, 0.717) is 5.92 Å². The van der Waals surface area contributed by atoms with E-state index in [0.717, 1.165) is 19.4 Å². The van der Waals surface area contributed by atoms with Gasteiger partial charge in [0.15, 0.2) is 0 Å². The third-order valence-corrected chi connectivity index (χ3v) is 1.54. The van der Waals surface area contributed by atoms with Crippen molar-refractivity contribution in [2.75, 3.05) is 6.54 Å². The van der Waals surface area contributed by atoms with Gasteiger partial charge in [0, 0.05) is 0 Å². The smallest absolute Gasteiger partial charge is 0.0546 e. The van der Waals surface area contributed by atoms with Gasteiger partial charge in [-0.1, -0.05) is 0 Å². The summed E-state index contributed by atoms with van der Waals surface area (Å²) in [5.74, 6) is 0.620. The molecule has 1 saturated carbocycles. The fourth-order valence-electron chi connectivity index (χ4n) is 0.893. The van der Waals surface area contributed by atoms with E-state index in [1.807, 2.05) is 0 Å². The van der Waals surface area contributed by atoms with Gasteiger partial charge in [-0.2, -0.15) is 0 Å². The van der Waals surface area contributed by atoms with E-state index in [9.17, 15) is 0 Å². The number of nitrogens with two attached hydrogens (primary N) is 1. The van der Waals surface area contributed by atoms with E-state index in [1.165, 1.54) is 0 Å². The monoisotopic (exact) mass is 101 g/mol. The average molecular weight is 101 g/mol. The van der Waals surface area contributed by atoms with E-state index in [-0.39, 0.29) is 6.10 Å². The summed E-state index contributed by atoms with van der Waals surface area (Å²) in [4.78, 5) is 0. The van der Waals surface area contributed by atoms with Gasteiger partial charge in [-0.3, -0.25) is 0 Å². The Balaban J connectivity index is 2.06. The van der Waals surface area contributed by atoms with Crippen molar-refractivity contribution >= 4 is 0 Å². The first-order chi connectivity index (χ1) is 3.33. The number of aliphatic hydroxyl groups is 1. The van der Waals surface area contributed by atoms with Crippen LogP contribution < -0.4 is 5.73 Å². The molecule has 0 aliphatic heterocycles. The fourth-order valence-corrected chi connectivity index (χ4v) is 0.893. The van der Waals surface area contributed by atoms with Crippen molar-refractivity contribution in [3.8, 4) is 0 Å². The van der Waals surface area contributed by atoms with Crippen LogP contribution >= 0.6 is 0 Å². The summed E-state index contributed by atoms with van der Waals surface area (Å²) < 4.78 is 0. The Hall–Kier alpha value is -0.0800. The molecule has 42 valence electrons. The molecule has 0 atom stereocenters. The molecule has 2 nitrogen and oxygen atoms in total. The Bertz CT molecular complexity index is 59.1. The molecule has 0 bridgehead atoms. The Morgan fingerprint density at radius 1 is 1.57 bits per heavy atom. The Morgan fingerprint density at radius 3 is 2.29 bits per heavy atom. The largest absolute Gasteiger partial charge is 0.393 e. The predicted molar refractivity (Wildman–Crippen MR) is 27.8 cm³/mol. The van der Waals surface area contributed by atoms with Crippen LogP contribution in [-0.2, 0) is 0 Å². The van der Waals surface area contributed by atoms with E-state index in [2.05, 4.69) is 0 Å². The summed E-state index contributed by atoms with van der Waals surface area (Å²) >= 11 is 0. The lowest BCUT2D eigenvalue weighted by atomic mass is 9.83. The molecular weight excluding hydrogens is 90.1 g/mol. The molecule has 2 heteroatoms. The van der Waals surface area contributed by atoms with E-state index >= 15 is 0 Å². The number of hydrogen-bond acceptors (Lipinski definition) is 2. The summed E-state index contributed by atoms with van der Waals surface area (Å²) in [5, 5.41) is 8.69. The summed E-state index contributed by atoms with van der Waals surface area (Å²) in [6, 6.07) is 0. The van der Waals surface area contributed by atoms with Crippen LogP contribution in [0.25, 0.3) is 0 Å². The molecule has 0 saturated heterocycles. The Kier molecular flexibility index (Phi) is 1.30. The van der Waals surface area contributed by atoms with Crippen molar-refractivity contribution in [2.45, 2.75) is 18.9 Å². The van der Waals surface area contributed by atoms with E-state index in [1.54, 1.807) is 0 Å². The van der Waals surface area contributed by atoms with Gasteiger partial charge in [0.05, 0.1) is 6.10 Å². The fraction of sp³-hybridized carbons (Fsp3) is 1.00.